The zero-order valence-corrected chi connectivity index (χ0v) is 15.0. The fraction of sp³-hybridized carbons (Fsp3) is 0.350. The Balaban J connectivity index is 1.49. The zero-order valence-electron chi connectivity index (χ0n) is 15.0. The third kappa shape index (κ3) is 4.52. The van der Waals surface area contributed by atoms with Gasteiger partial charge in [-0.25, -0.2) is 4.39 Å². The molecule has 0 unspecified atom stereocenters. The molecule has 0 bridgehead atoms. The maximum atomic E-state index is 13.3. The van der Waals surface area contributed by atoms with E-state index in [0.29, 0.717) is 18.8 Å². The summed E-state index contributed by atoms with van der Waals surface area (Å²) in [5.41, 5.74) is 1.64. The van der Waals surface area contributed by atoms with Crippen molar-refractivity contribution in [3.8, 4) is 5.75 Å². The first-order valence-electron chi connectivity index (χ1n) is 8.88. The summed E-state index contributed by atoms with van der Waals surface area (Å²) in [5.74, 6) is 0.0661. The second kappa shape index (κ2) is 8.19. The minimum atomic E-state index is -0.283. The smallest absolute Gasteiger partial charge is 0.277 e. The van der Waals surface area contributed by atoms with Crippen LogP contribution in [0.5, 0.6) is 5.75 Å². The van der Waals surface area contributed by atoms with Gasteiger partial charge in [-0.1, -0.05) is 24.3 Å². The van der Waals surface area contributed by atoms with E-state index in [1.165, 1.54) is 17.0 Å². The maximum absolute atomic E-state index is 13.3. The summed E-state index contributed by atoms with van der Waals surface area (Å²) in [7, 11) is 1.75. The summed E-state index contributed by atoms with van der Waals surface area (Å²) in [4.78, 5) is 17.5. The van der Waals surface area contributed by atoms with Gasteiger partial charge in [0.05, 0.1) is 31.9 Å². The molecule has 6 heteroatoms. The Labute approximate surface area is 153 Å². The summed E-state index contributed by atoms with van der Waals surface area (Å²) in [5, 5.41) is 9.97. The molecule has 2 N–H and O–H groups in total. The van der Waals surface area contributed by atoms with Crippen LogP contribution in [-0.4, -0.2) is 55.7 Å². The Hall–Kier alpha value is -2.60. The van der Waals surface area contributed by atoms with Crippen LogP contribution in [0.1, 0.15) is 5.56 Å². The van der Waals surface area contributed by atoms with Crippen LogP contribution in [0.15, 0.2) is 48.5 Å². The summed E-state index contributed by atoms with van der Waals surface area (Å²) < 4.78 is 13.3. The average molecular weight is 358 g/mol. The van der Waals surface area contributed by atoms with Crippen molar-refractivity contribution in [2.24, 2.45) is 0 Å². The maximum Gasteiger partial charge on any atom is 0.277 e. The molecule has 0 aromatic heterocycles. The van der Waals surface area contributed by atoms with E-state index in [1.54, 1.807) is 24.1 Å². The van der Waals surface area contributed by atoms with Crippen LogP contribution in [-0.2, 0) is 11.3 Å². The third-order valence-electron chi connectivity index (χ3n) is 4.83. The Kier molecular flexibility index (Phi) is 5.73. The molecule has 0 saturated carbocycles. The number of aromatic hydroxyl groups is 1. The number of para-hydroxylation sites is 2. The van der Waals surface area contributed by atoms with E-state index in [1.807, 2.05) is 24.3 Å². The summed E-state index contributed by atoms with van der Waals surface area (Å²) in [6, 6.07) is 13.7. The quantitative estimate of drug-likeness (QED) is 0.835. The van der Waals surface area contributed by atoms with Crippen LogP contribution < -0.4 is 9.80 Å². The van der Waals surface area contributed by atoms with E-state index in [-0.39, 0.29) is 11.7 Å². The van der Waals surface area contributed by atoms with E-state index in [4.69, 9.17) is 0 Å². The van der Waals surface area contributed by atoms with Crippen molar-refractivity contribution in [1.82, 2.24) is 4.90 Å². The second-order valence-electron chi connectivity index (χ2n) is 6.78. The molecule has 1 aliphatic rings. The van der Waals surface area contributed by atoms with Gasteiger partial charge in [0.15, 0.2) is 6.54 Å². The van der Waals surface area contributed by atoms with E-state index in [2.05, 4.69) is 4.90 Å². The molecule has 0 atom stereocenters. The van der Waals surface area contributed by atoms with Crippen molar-refractivity contribution < 1.29 is 19.2 Å². The highest BCUT2D eigenvalue weighted by Crippen LogP contribution is 2.25. The lowest BCUT2D eigenvalue weighted by atomic mass is 10.2. The molecule has 1 heterocycles. The molecular weight excluding hydrogens is 333 g/mol. The highest BCUT2D eigenvalue weighted by atomic mass is 19.1. The van der Waals surface area contributed by atoms with Gasteiger partial charge in [-0.05, 0) is 29.8 Å². The highest BCUT2D eigenvalue weighted by molar-refractivity contribution is 5.76. The van der Waals surface area contributed by atoms with Gasteiger partial charge in [0.1, 0.15) is 11.6 Å². The van der Waals surface area contributed by atoms with Gasteiger partial charge in [0.2, 0.25) is 0 Å². The summed E-state index contributed by atoms with van der Waals surface area (Å²) in [6.07, 6.45) is 0. The van der Waals surface area contributed by atoms with Crippen molar-refractivity contribution in [3.05, 3.63) is 59.9 Å². The van der Waals surface area contributed by atoms with Gasteiger partial charge >= 0.3 is 0 Å². The predicted molar refractivity (Wildman–Crippen MR) is 98.8 cm³/mol. The fourth-order valence-corrected chi connectivity index (χ4v) is 3.32. The number of rotatable bonds is 5. The minimum absolute atomic E-state index is 0.0558. The number of hydrogen-bond acceptors (Lipinski definition) is 3. The molecule has 0 radical (unpaired) electrons. The molecule has 138 valence electrons. The Bertz CT molecular complexity index is 760. The van der Waals surface area contributed by atoms with E-state index in [9.17, 15) is 14.3 Å². The second-order valence-corrected chi connectivity index (χ2v) is 6.78. The van der Waals surface area contributed by atoms with Crippen LogP contribution >= 0.6 is 0 Å². The van der Waals surface area contributed by atoms with Crippen molar-refractivity contribution in [2.75, 3.05) is 44.7 Å². The van der Waals surface area contributed by atoms with Gasteiger partial charge in [0, 0.05) is 13.6 Å². The van der Waals surface area contributed by atoms with Crippen molar-refractivity contribution in [3.63, 3.8) is 0 Å². The molecule has 0 aliphatic carbocycles. The zero-order chi connectivity index (χ0) is 18.5. The number of anilines is 1. The number of halogens is 1. The van der Waals surface area contributed by atoms with Gasteiger partial charge in [-0.3, -0.25) is 4.79 Å². The lowest BCUT2D eigenvalue weighted by Gasteiger charge is -2.34. The number of amides is 1. The molecule has 1 fully saturated rings. The number of nitrogens with zero attached hydrogens (tertiary/aromatic N) is 2. The minimum Gasteiger partial charge on any atom is -0.506 e. The fourth-order valence-electron chi connectivity index (χ4n) is 3.32. The van der Waals surface area contributed by atoms with E-state index >= 15 is 0 Å². The van der Waals surface area contributed by atoms with Crippen molar-refractivity contribution >= 4 is 11.6 Å². The number of carbonyl (C=O) groups excluding carboxylic acids is 1. The highest BCUT2D eigenvalue weighted by Gasteiger charge is 2.24. The Morgan fingerprint density at radius 2 is 1.92 bits per heavy atom. The lowest BCUT2D eigenvalue weighted by molar-refractivity contribution is -0.892. The number of nitrogens with one attached hydrogen (secondary N) is 1. The number of hydrogen-bond donors (Lipinski definition) is 2. The Morgan fingerprint density at radius 1 is 1.19 bits per heavy atom. The first-order valence-corrected chi connectivity index (χ1v) is 8.88. The molecule has 2 aromatic rings. The van der Waals surface area contributed by atoms with Gasteiger partial charge in [0.25, 0.3) is 5.91 Å². The molecule has 3 rings (SSSR count). The summed E-state index contributed by atoms with van der Waals surface area (Å²) >= 11 is 0. The first kappa shape index (κ1) is 18.2. The lowest BCUT2D eigenvalue weighted by Crippen LogP contribution is -3.15. The van der Waals surface area contributed by atoms with Crippen LogP contribution in [0.3, 0.4) is 0 Å². The Morgan fingerprint density at radius 3 is 2.62 bits per heavy atom. The number of benzene rings is 2. The number of quaternary nitrogens is 1. The number of likely N-dealkylation sites (N-methyl/N-ethyl adjacent to an activating group) is 1. The largest absolute Gasteiger partial charge is 0.506 e. The molecule has 1 saturated heterocycles. The van der Waals surface area contributed by atoms with Crippen LogP contribution in [0, 0.1) is 5.82 Å². The van der Waals surface area contributed by atoms with Crippen LogP contribution in [0.2, 0.25) is 0 Å². The summed E-state index contributed by atoms with van der Waals surface area (Å²) in [6.45, 7) is 4.12. The van der Waals surface area contributed by atoms with E-state index in [0.717, 1.165) is 37.4 Å². The van der Waals surface area contributed by atoms with Gasteiger partial charge < -0.3 is 19.8 Å². The normalized spacial score (nSPS) is 15.1. The molecule has 2 aromatic carbocycles. The predicted octanol–water partition coefficient (Wildman–Crippen LogP) is 0.895. The molecular formula is C20H25FN3O2+. The standard InChI is InChI=1S/C20H24FN3O2/c1-22(14-16-5-4-6-17(21)13-16)20(26)15-23-9-11-24(12-10-23)18-7-2-3-8-19(18)25/h2-8,13,25H,9-12,14-15H2,1H3/p+1. The van der Waals surface area contributed by atoms with E-state index < -0.39 is 0 Å². The molecule has 5 nitrogen and oxygen atoms in total. The van der Waals surface area contributed by atoms with Crippen molar-refractivity contribution in [1.29, 1.82) is 0 Å². The monoisotopic (exact) mass is 358 g/mol. The topological polar surface area (TPSA) is 48.2 Å². The van der Waals surface area contributed by atoms with Crippen LogP contribution in [0.4, 0.5) is 10.1 Å². The molecule has 1 aliphatic heterocycles. The van der Waals surface area contributed by atoms with Crippen LogP contribution in [0.25, 0.3) is 0 Å². The number of phenols is 1. The third-order valence-corrected chi connectivity index (χ3v) is 4.83. The SMILES string of the molecule is CN(Cc1cccc(F)c1)C(=O)C[NH+]1CCN(c2ccccc2O)CC1. The first-order chi connectivity index (χ1) is 12.5. The number of carbonyl (C=O) groups is 1. The average Bonchev–Trinajstić information content (AvgIpc) is 2.63. The van der Waals surface area contributed by atoms with Gasteiger partial charge in [-0.2, -0.15) is 0 Å². The molecule has 0 spiro atoms. The number of phenolic OH excluding ortho intramolecular Hbond substituents is 1. The molecule has 26 heavy (non-hydrogen) atoms. The van der Waals surface area contributed by atoms with Crippen molar-refractivity contribution in [2.45, 2.75) is 6.54 Å². The number of piperazine rings is 1. The van der Waals surface area contributed by atoms with Gasteiger partial charge in [-0.15, -0.1) is 0 Å². The molecule has 1 amide bonds.